The van der Waals surface area contributed by atoms with Crippen LogP contribution in [0.3, 0.4) is 0 Å². The van der Waals surface area contributed by atoms with Crippen molar-refractivity contribution in [3.05, 3.63) is 17.3 Å². The van der Waals surface area contributed by atoms with Crippen molar-refractivity contribution in [3.63, 3.8) is 0 Å². The van der Waals surface area contributed by atoms with Crippen LogP contribution in [0.25, 0.3) is 4.96 Å². The minimum absolute atomic E-state index is 0.869. The zero-order valence-corrected chi connectivity index (χ0v) is 13.7. The molecule has 1 atom stereocenters. The third-order valence-electron chi connectivity index (χ3n) is 4.19. The Bertz CT molecular complexity index is 548. The minimum atomic E-state index is 0.869. The predicted octanol–water partition coefficient (Wildman–Crippen LogP) is 4.31. The monoisotopic (exact) mass is 341 g/mol. The van der Waals surface area contributed by atoms with Gasteiger partial charge in [-0.3, -0.25) is 4.40 Å². The first kappa shape index (κ1) is 13.4. The van der Waals surface area contributed by atoms with Gasteiger partial charge in [-0.25, -0.2) is 4.98 Å². The van der Waals surface area contributed by atoms with Crippen molar-refractivity contribution in [2.45, 2.75) is 37.9 Å². The Balaban J connectivity index is 1.88. The standard InChI is InChI=1S/C14H20BrN3S/c1-2-11-4-3-6-17(7-5-11)13-12(10-15)18-8-9-19-14(18)16-13/h8-9,11H,2-7,10H2,1H3. The topological polar surface area (TPSA) is 20.5 Å². The molecule has 3 rings (SSSR count). The average Bonchev–Trinajstić information content (AvgIpc) is 2.91. The highest BCUT2D eigenvalue weighted by molar-refractivity contribution is 9.08. The average molecular weight is 342 g/mol. The predicted molar refractivity (Wildman–Crippen MR) is 85.5 cm³/mol. The normalized spacial score (nSPS) is 20.9. The summed E-state index contributed by atoms with van der Waals surface area (Å²) in [4.78, 5) is 8.44. The van der Waals surface area contributed by atoms with Gasteiger partial charge in [0.15, 0.2) is 10.8 Å². The maximum atomic E-state index is 4.84. The first-order valence-electron chi connectivity index (χ1n) is 7.08. The lowest BCUT2D eigenvalue weighted by Crippen LogP contribution is -2.25. The van der Waals surface area contributed by atoms with Gasteiger partial charge in [0.05, 0.1) is 5.69 Å². The van der Waals surface area contributed by atoms with Crippen LogP contribution in [0.4, 0.5) is 5.82 Å². The summed E-state index contributed by atoms with van der Waals surface area (Å²) in [6.07, 6.45) is 7.42. The number of hydrogen-bond donors (Lipinski definition) is 0. The fraction of sp³-hybridized carbons (Fsp3) is 0.643. The van der Waals surface area contributed by atoms with Crippen LogP contribution >= 0.6 is 27.3 Å². The van der Waals surface area contributed by atoms with E-state index in [1.807, 2.05) is 0 Å². The largest absolute Gasteiger partial charge is 0.355 e. The highest BCUT2D eigenvalue weighted by Crippen LogP contribution is 2.29. The van der Waals surface area contributed by atoms with E-state index in [4.69, 9.17) is 4.98 Å². The van der Waals surface area contributed by atoms with E-state index in [0.29, 0.717) is 0 Å². The van der Waals surface area contributed by atoms with Crippen LogP contribution in [0, 0.1) is 5.92 Å². The van der Waals surface area contributed by atoms with Crippen molar-refractivity contribution in [3.8, 4) is 0 Å². The molecule has 2 aromatic rings. The van der Waals surface area contributed by atoms with Crippen LogP contribution in [0.15, 0.2) is 11.6 Å². The molecule has 0 radical (unpaired) electrons. The molecule has 5 heteroatoms. The van der Waals surface area contributed by atoms with Crippen molar-refractivity contribution in [1.29, 1.82) is 0 Å². The van der Waals surface area contributed by atoms with Crippen LogP contribution in [0.5, 0.6) is 0 Å². The Hall–Kier alpha value is -0.550. The number of hydrogen-bond acceptors (Lipinski definition) is 3. The number of nitrogens with zero attached hydrogens (tertiary/aromatic N) is 3. The van der Waals surface area contributed by atoms with Gasteiger partial charge in [0.1, 0.15) is 0 Å². The smallest absolute Gasteiger partial charge is 0.195 e. The van der Waals surface area contributed by atoms with Gasteiger partial charge in [-0.1, -0.05) is 29.3 Å². The molecule has 0 amide bonds. The summed E-state index contributed by atoms with van der Waals surface area (Å²) in [7, 11) is 0. The van der Waals surface area contributed by atoms with E-state index in [9.17, 15) is 0 Å². The SMILES string of the molecule is CCC1CCCN(c2nc3sccn3c2CBr)CC1. The van der Waals surface area contributed by atoms with Gasteiger partial charge in [0.25, 0.3) is 0 Å². The van der Waals surface area contributed by atoms with E-state index in [2.05, 4.69) is 43.7 Å². The van der Waals surface area contributed by atoms with Crippen molar-refractivity contribution in [1.82, 2.24) is 9.38 Å². The van der Waals surface area contributed by atoms with Gasteiger partial charge in [-0.05, 0) is 25.2 Å². The van der Waals surface area contributed by atoms with E-state index in [-0.39, 0.29) is 0 Å². The number of aromatic nitrogens is 2. The number of fused-ring (bicyclic) bond motifs is 1. The Labute approximate surface area is 126 Å². The zero-order chi connectivity index (χ0) is 13.2. The zero-order valence-electron chi connectivity index (χ0n) is 11.3. The van der Waals surface area contributed by atoms with Crippen LogP contribution in [0.2, 0.25) is 0 Å². The van der Waals surface area contributed by atoms with Crippen LogP contribution in [-0.2, 0) is 5.33 Å². The first-order valence-corrected chi connectivity index (χ1v) is 9.09. The highest BCUT2D eigenvalue weighted by atomic mass is 79.9. The molecule has 1 aliphatic heterocycles. The first-order chi connectivity index (χ1) is 9.33. The quantitative estimate of drug-likeness (QED) is 0.775. The van der Waals surface area contributed by atoms with Gasteiger partial charge in [-0.15, -0.1) is 11.3 Å². The van der Waals surface area contributed by atoms with E-state index >= 15 is 0 Å². The second-order valence-corrected chi connectivity index (χ2v) is 6.70. The summed E-state index contributed by atoms with van der Waals surface area (Å²) in [6, 6.07) is 0. The molecule has 1 fully saturated rings. The molecule has 0 bridgehead atoms. The minimum Gasteiger partial charge on any atom is -0.355 e. The molecule has 3 nitrogen and oxygen atoms in total. The second-order valence-electron chi connectivity index (χ2n) is 5.26. The summed E-state index contributed by atoms with van der Waals surface area (Å²) in [5.74, 6) is 2.10. The number of halogens is 1. The van der Waals surface area contributed by atoms with E-state index in [0.717, 1.165) is 29.3 Å². The maximum absolute atomic E-state index is 4.84. The molecule has 1 aliphatic rings. The Morgan fingerprint density at radius 3 is 3.11 bits per heavy atom. The third-order valence-corrected chi connectivity index (χ3v) is 5.48. The molecule has 0 aromatic carbocycles. The Kier molecular flexibility index (Phi) is 4.12. The summed E-state index contributed by atoms with van der Waals surface area (Å²) in [6.45, 7) is 4.63. The van der Waals surface area contributed by atoms with E-state index < -0.39 is 0 Å². The van der Waals surface area contributed by atoms with Gasteiger partial charge in [0, 0.05) is 30.0 Å². The number of anilines is 1. The Morgan fingerprint density at radius 1 is 1.42 bits per heavy atom. The maximum Gasteiger partial charge on any atom is 0.195 e. The number of imidazole rings is 1. The third kappa shape index (κ3) is 2.55. The molecule has 1 saturated heterocycles. The molecule has 0 N–H and O–H groups in total. The summed E-state index contributed by atoms with van der Waals surface area (Å²) in [5, 5.41) is 2.97. The van der Waals surface area contributed by atoms with Gasteiger partial charge < -0.3 is 4.90 Å². The van der Waals surface area contributed by atoms with Crippen molar-refractivity contribution in [2.75, 3.05) is 18.0 Å². The molecular formula is C14H20BrN3S. The molecule has 19 heavy (non-hydrogen) atoms. The molecule has 0 aliphatic carbocycles. The summed E-state index contributed by atoms with van der Waals surface area (Å²) < 4.78 is 2.22. The van der Waals surface area contributed by atoms with Crippen LogP contribution in [0.1, 0.15) is 38.3 Å². The van der Waals surface area contributed by atoms with Crippen LogP contribution < -0.4 is 4.90 Å². The van der Waals surface area contributed by atoms with Crippen molar-refractivity contribution >= 4 is 38.0 Å². The van der Waals surface area contributed by atoms with E-state index in [1.54, 1.807) is 11.3 Å². The van der Waals surface area contributed by atoms with Crippen molar-refractivity contribution < 1.29 is 0 Å². The number of thiazole rings is 1. The molecular weight excluding hydrogens is 322 g/mol. The fourth-order valence-corrected chi connectivity index (χ4v) is 4.23. The number of alkyl halides is 1. The fourth-order valence-electron chi connectivity index (χ4n) is 2.98. The molecule has 0 spiro atoms. The molecule has 104 valence electrons. The van der Waals surface area contributed by atoms with Crippen molar-refractivity contribution in [2.24, 2.45) is 5.92 Å². The van der Waals surface area contributed by atoms with Gasteiger partial charge in [0.2, 0.25) is 0 Å². The van der Waals surface area contributed by atoms with Crippen LogP contribution in [-0.4, -0.2) is 22.5 Å². The van der Waals surface area contributed by atoms with Gasteiger partial charge >= 0.3 is 0 Å². The lowest BCUT2D eigenvalue weighted by atomic mass is 9.98. The lowest BCUT2D eigenvalue weighted by Gasteiger charge is -2.21. The summed E-state index contributed by atoms with van der Waals surface area (Å²) >= 11 is 5.34. The Morgan fingerprint density at radius 2 is 2.32 bits per heavy atom. The molecule has 0 saturated carbocycles. The van der Waals surface area contributed by atoms with E-state index in [1.165, 1.54) is 37.2 Å². The lowest BCUT2D eigenvalue weighted by molar-refractivity contribution is 0.459. The molecule has 2 aromatic heterocycles. The summed E-state index contributed by atoms with van der Waals surface area (Å²) in [5.41, 5.74) is 1.30. The number of rotatable bonds is 3. The highest BCUT2D eigenvalue weighted by Gasteiger charge is 2.21. The molecule has 3 heterocycles. The van der Waals surface area contributed by atoms with Gasteiger partial charge in [-0.2, -0.15) is 0 Å². The molecule has 1 unspecified atom stereocenters. The second kappa shape index (κ2) is 5.83.